The van der Waals surface area contributed by atoms with Gasteiger partial charge in [0, 0.05) is 23.6 Å². The Morgan fingerprint density at radius 2 is 1.89 bits per heavy atom. The van der Waals surface area contributed by atoms with Gasteiger partial charge in [-0.25, -0.2) is 9.97 Å². The van der Waals surface area contributed by atoms with E-state index in [1.807, 2.05) is 0 Å². The van der Waals surface area contributed by atoms with E-state index in [9.17, 15) is 0 Å². The molecule has 18 heavy (non-hydrogen) atoms. The molecule has 0 unspecified atom stereocenters. The average Bonchev–Trinajstić information content (AvgIpc) is 2.21. The van der Waals surface area contributed by atoms with Gasteiger partial charge in [0.25, 0.3) is 0 Å². The average molecular weight is 248 g/mol. The molecule has 1 aromatic rings. The summed E-state index contributed by atoms with van der Waals surface area (Å²) in [6.07, 6.45) is 4.05. The lowest BCUT2D eigenvalue weighted by Gasteiger charge is -2.40. The Kier molecular flexibility index (Phi) is 3.57. The Morgan fingerprint density at radius 1 is 1.22 bits per heavy atom. The van der Waals surface area contributed by atoms with Crippen molar-refractivity contribution in [3.05, 3.63) is 18.1 Å². The highest BCUT2D eigenvalue weighted by atomic mass is 15.1. The molecule has 1 fully saturated rings. The van der Waals surface area contributed by atoms with Crippen LogP contribution < -0.4 is 5.32 Å². The SMILES string of the molecule is CN(C)C1CC(Nc2cc(C(C)(C)C)ncn2)C1. The van der Waals surface area contributed by atoms with Gasteiger partial charge in [0.15, 0.2) is 0 Å². The van der Waals surface area contributed by atoms with Crippen LogP contribution in [-0.4, -0.2) is 41.0 Å². The normalized spacial score (nSPS) is 23.9. The molecule has 4 heteroatoms. The van der Waals surface area contributed by atoms with Gasteiger partial charge < -0.3 is 10.2 Å². The van der Waals surface area contributed by atoms with E-state index in [1.165, 1.54) is 12.8 Å². The minimum Gasteiger partial charge on any atom is -0.367 e. The molecule has 1 heterocycles. The molecule has 1 aromatic heterocycles. The third kappa shape index (κ3) is 2.99. The number of nitrogens with one attached hydrogen (secondary N) is 1. The predicted octanol–water partition coefficient (Wildman–Crippen LogP) is 2.28. The van der Waals surface area contributed by atoms with Crippen molar-refractivity contribution in [1.29, 1.82) is 0 Å². The van der Waals surface area contributed by atoms with Gasteiger partial charge in [-0.2, -0.15) is 0 Å². The second kappa shape index (κ2) is 4.84. The van der Waals surface area contributed by atoms with Gasteiger partial charge in [0.05, 0.1) is 5.69 Å². The summed E-state index contributed by atoms with van der Waals surface area (Å²) in [7, 11) is 4.28. The molecule has 100 valence electrons. The zero-order chi connectivity index (χ0) is 13.3. The van der Waals surface area contributed by atoms with E-state index in [0.29, 0.717) is 12.1 Å². The zero-order valence-corrected chi connectivity index (χ0v) is 12.1. The van der Waals surface area contributed by atoms with Gasteiger partial charge in [-0.05, 0) is 26.9 Å². The summed E-state index contributed by atoms with van der Waals surface area (Å²) >= 11 is 0. The van der Waals surface area contributed by atoms with Gasteiger partial charge in [-0.15, -0.1) is 0 Å². The molecule has 1 aliphatic rings. The summed E-state index contributed by atoms with van der Waals surface area (Å²) in [5, 5.41) is 3.50. The maximum absolute atomic E-state index is 4.35. The molecule has 0 saturated heterocycles. The Morgan fingerprint density at radius 3 is 2.44 bits per heavy atom. The standard InChI is InChI=1S/C14H24N4/c1-14(2,3)12-8-13(16-9-15-12)17-10-6-11(7-10)18(4)5/h8-11H,6-7H2,1-5H3,(H,15,16,17). The molecule has 0 aliphatic heterocycles. The molecular formula is C14H24N4. The quantitative estimate of drug-likeness (QED) is 0.891. The highest BCUT2D eigenvalue weighted by Crippen LogP contribution is 2.27. The van der Waals surface area contributed by atoms with Gasteiger partial charge in [-0.3, -0.25) is 0 Å². The van der Waals surface area contributed by atoms with E-state index in [1.54, 1.807) is 6.33 Å². The largest absolute Gasteiger partial charge is 0.367 e. The topological polar surface area (TPSA) is 41.0 Å². The number of anilines is 1. The van der Waals surface area contributed by atoms with Crippen LogP contribution in [0, 0.1) is 0 Å². The van der Waals surface area contributed by atoms with E-state index in [0.717, 1.165) is 11.5 Å². The first kappa shape index (κ1) is 13.3. The number of hydrogen-bond acceptors (Lipinski definition) is 4. The second-order valence-corrected chi connectivity index (χ2v) is 6.47. The maximum Gasteiger partial charge on any atom is 0.129 e. The first-order chi connectivity index (χ1) is 8.36. The van der Waals surface area contributed by atoms with Gasteiger partial charge in [0.1, 0.15) is 12.1 Å². The highest BCUT2D eigenvalue weighted by Gasteiger charge is 2.30. The first-order valence-electron chi connectivity index (χ1n) is 6.62. The molecule has 2 rings (SSSR count). The Bertz CT molecular complexity index is 403. The van der Waals surface area contributed by atoms with E-state index >= 15 is 0 Å². The molecule has 0 radical (unpaired) electrons. The molecular weight excluding hydrogens is 224 g/mol. The second-order valence-electron chi connectivity index (χ2n) is 6.47. The summed E-state index contributed by atoms with van der Waals surface area (Å²) in [5.41, 5.74) is 1.16. The highest BCUT2D eigenvalue weighted by molar-refractivity contribution is 5.38. The maximum atomic E-state index is 4.35. The minimum absolute atomic E-state index is 0.0746. The van der Waals surface area contributed by atoms with Crippen molar-refractivity contribution in [3.63, 3.8) is 0 Å². The fraction of sp³-hybridized carbons (Fsp3) is 0.714. The summed E-state index contributed by atoms with van der Waals surface area (Å²) in [4.78, 5) is 10.9. The van der Waals surface area contributed by atoms with Crippen molar-refractivity contribution in [2.45, 2.75) is 51.1 Å². The zero-order valence-electron chi connectivity index (χ0n) is 12.1. The van der Waals surface area contributed by atoms with E-state index in [4.69, 9.17) is 0 Å². The Balaban J connectivity index is 1.95. The molecule has 0 aromatic carbocycles. The lowest BCUT2D eigenvalue weighted by Crippen LogP contribution is -2.47. The summed E-state index contributed by atoms with van der Waals surface area (Å²) in [5.74, 6) is 0.956. The fourth-order valence-corrected chi connectivity index (χ4v) is 2.18. The smallest absolute Gasteiger partial charge is 0.129 e. The van der Waals surface area contributed by atoms with Crippen LogP contribution in [0.5, 0.6) is 0 Å². The Labute approximate surface area is 110 Å². The third-order valence-electron chi connectivity index (χ3n) is 3.63. The number of aromatic nitrogens is 2. The van der Waals surface area contributed by atoms with Crippen LogP contribution >= 0.6 is 0 Å². The van der Waals surface area contributed by atoms with Gasteiger partial charge in [0.2, 0.25) is 0 Å². The van der Waals surface area contributed by atoms with Crippen molar-refractivity contribution < 1.29 is 0 Å². The van der Waals surface area contributed by atoms with Crippen molar-refractivity contribution in [2.75, 3.05) is 19.4 Å². The summed E-state index contributed by atoms with van der Waals surface area (Å²) in [6, 6.07) is 3.34. The third-order valence-corrected chi connectivity index (χ3v) is 3.63. The Hall–Kier alpha value is -1.16. The first-order valence-corrected chi connectivity index (χ1v) is 6.62. The number of rotatable bonds is 3. The molecule has 0 atom stereocenters. The van der Waals surface area contributed by atoms with E-state index in [-0.39, 0.29) is 5.41 Å². The lowest BCUT2D eigenvalue weighted by molar-refractivity contribution is 0.177. The molecule has 0 bridgehead atoms. The van der Waals surface area contributed by atoms with Crippen molar-refractivity contribution in [1.82, 2.24) is 14.9 Å². The van der Waals surface area contributed by atoms with Crippen LogP contribution in [0.25, 0.3) is 0 Å². The monoisotopic (exact) mass is 248 g/mol. The van der Waals surface area contributed by atoms with Crippen molar-refractivity contribution in [3.8, 4) is 0 Å². The fourth-order valence-electron chi connectivity index (χ4n) is 2.18. The summed E-state index contributed by atoms with van der Waals surface area (Å²) in [6.45, 7) is 6.51. The molecule has 0 spiro atoms. The van der Waals surface area contributed by atoms with Gasteiger partial charge >= 0.3 is 0 Å². The van der Waals surface area contributed by atoms with E-state index in [2.05, 4.69) is 61.1 Å². The predicted molar refractivity (Wildman–Crippen MR) is 74.9 cm³/mol. The van der Waals surface area contributed by atoms with Crippen LogP contribution in [0.2, 0.25) is 0 Å². The van der Waals surface area contributed by atoms with Crippen LogP contribution in [0.4, 0.5) is 5.82 Å². The van der Waals surface area contributed by atoms with E-state index < -0.39 is 0 Å². The molecule has 0 amide bonds. The molecule has 1 saturated carbocycles. The summed E-state index contributed by atoms with van der Waals surface area (Å²) < 4.78 is 0. The van der Waals surface area contributed by atoms with Crippen molar-refractivity contribution in [2.24, 2.45) is 0 Å². The van der Waals surface area contributed by atoms with Crippen LogP contribution in [0.3, 0.4) is 0 Å². The van der Waals surface area contributed by atoms with Gasteiger partial charge in [-0.1, -0.05) is 20.8 Å². The lowest BCUT2D eigenvalue weighted by atomic mass is 9.86. The number of hydrogen-bond donors (Lipinski definition) is 1. The molecule has 4 nitrogen and oxygen atoms in total. The van der Waals surface area contributed by atoms with Crippen LogP contribution in [0.1, 0.15) is 39.3 Å². The minimum atomic E-state index is 0.0746. The van der Waals surface area contributed by atoms with Crippen LogP contribution in [0.15, 0.2) is 12.4 Å². The molecule has 1 aliphatic carbocycles. The van der Waals surface area contributed by atoms with Crippen LogP contribution in [-0.2, 0) is 5.41 Å². The van der Waals surface area contributed by atoms with Crippen molar-refractivity contribution >= 4 is 5.82 Å². The molecule has 1 N–H and O–H groups in total. The number of nitrogens with zero attached hydrogens (tertiary/aromatic N) is 3.